The second kappa shape index (κ2) is 5.41. The monoisotopic (exact) mass is 282 g/mol. The van der Waals surface area contributed by atoms with Crippen molar-refractivity contribution in [2.45, 2.75) is 0 Å². The molecule has 0 atom stereocenters. The minimum absolute atomic E-state index is 0.998. The third-order valence-electron chi connectivity index (χ3n) is 3.76. The van der Waals surface area contributed by atoms with Crippen LogP contribution in [0.1, 0.15) is 0 Å². The molecule has 4 aromatic rings. The normalized spacial score (nSPS) is 10.7. The molecule has 0 N–H and O–H groups in total. The van der Waals surface area contributed by atoms with E-state index in [1.807, 2.05) is 48.8 Å². The summed E-state index contributed by atoms with van der Waals surface area (Å²) in [6.07, 6.45) is 3.65. The Labute approximate surface area is 129 Å². The lowest BCUT2D eigenvalue weighted by Gasteiger charge is -2.06. The van der Waals surface area contributed by atoms with Crippen molar-refractivity contribution in [2.24, 2.45) is 0 Å². The summed E-state index contributed by atoms with van der Waals surface area (Å²) in [5.74, 6) is 0. The van der Waals surface area contributed by atoms with Gasteiger partial charge in [0, 0.05) is 23.5 Å². The number of hydrogen-bond acceptors (Lipinski definition) is 2. The Hall–Kier alpha value is -3.00. The van der Waals surface area contributed by atoms with E-state index in [0.717, 1.165) is 22.5 Å². The van der Waals surface area contributed by atoms with Gasteiger partial charge in [-0.05, 0) is 47.2 Å². The SMILES string of the molecule is c1ccc(-c2ccc3cc(-c4ccccn4)ccc3c2)nc1. The number of pyridine rings is 2. The van der Waals surface area contributed by atoms with Gasteiger partial charge in [0.2, 0.25) is 0 Å². The zero-order chi connectivity index (χ0) is 14.8. The molecular weight excluding hydrogens is 268 g/mol. The molecule has 2 aromatic heterocycles. The summed E-state index contributed by atoms with van der Waals surface area (Å²) in [5, 5.41) is 2.42. The van der Waals surface area contributed by atoms with Gasteiger partial charge in [-0.25, -0.2) is 0 Å². The summed E-state index contributed by atoms with van der Waals surface area (Å²) in [7, 11) is 0. The molecule has 2 heteroatoms. The molecule has 22 heavy (non-hydrogen) atoms. The summed E-state index contributed by atoms with van der Waals surface area (Å²) in [6, 6.07) is 24.8. The smallest absolute Gasteiger partial charge is 0.0702 e. The zero-order valence-electron chi connectivity index (χ0n) is 12.0. The molecule has 0 fully saturated rings. The predicted octanol–water partition coefficient (Wildman–Crippen LogP) is 4.96. The maximum Gasteiger partial charge on any atom is 0.0702 e. The van der Waals surface area contributed by atoms with Crippen LogP contribution in [0, 0.1) is 0 Å². The summed E-state index contributed by atoms with van der Waals surface area (Å²) in [5.41, 5.74) is 4.27. The van der Waals surface area contributed by atoms with Crippen LogP contribution in [0.2, 0.25) is 0 Å². The molecule has 0 bridgehead atoms. The number of rotatable bonds is 2. The number of nitrogens with zero attached hydrogens (tertiary/aromatic N) is 2. The van der Waals surface area contributed by atoms with Crippen LogP contribution in [-0.4, -0.2) is 9.97 Å². The first-order chi connectivity index (χ1) is 10.9. The Morgan fingerprint density at radius 2 is 1.00 bits per heavy atom. The highest BCUT2D eigenvalue weighted by atomic mass is 14.7. The van der Waals surface area contributed by atoms with E-state index >= 15 is 0 Å². The van der Waals surface area contributed by atoms with Gasteiger partial charge in [-0.2, -0.15) is 0 Å². The topological polar surface area (TPSA) is 25.8 Å². The van der Waals surface area contributed by atoms with Gasteiger partial charge in [0.05, 0.1) is 11.4 Å². The van der Waals surface area contributed by atoms with Crippen molar-refractivity contribution >= 4 is 10.8 Å². The van der Waals surface area contributed by atoms with E-state index in [4.69, 9.17) is 0 Å². The van der Waals surface area contributed by atoms with Crippen molar-refractivity contribution in [1.82, 2.24) is 9.97 Å². The van der Waals surface area contributed by atoms with Gasteiger partial charge in [0.25, 0.3) is 0 Å². The Kier molecular flexibility index (Phi) is 3.13. The quantitative estimate of drug-likeness (QED) is 0.519. The lowest BCUT2D eigenvalue weighted by atomic mass is 10.0. The van der Waals surface area contributed by atoms with Crippen LogP contribution in [0.5, 0.6) is 0 Å². The molecule has 0 aliphatic carbocycles. The predicted molar refractivity (Wildman–Crippen MR) is 90.4 cm³/mol. The molecule has 0 saturated carbocycles. The number of aromatic nitrogens is 2. The first-order valence-electron chi connectivity index (χ1n) is 7.27. The van der Waals surface area contributed by atoms with E-state index < -0.39 is 0 Å². The third-order valence-corrected chi connectivity index (χ3v) is 3.76. The Balaban J connectivity index is 1.80. The van der Waals surface area contributed by atoms with E-state index in [2.05, 4.69) is 46.4 Å². The average molecular weight is 282 g/mol. The molecular formula is C20H14N2. The molecule has 0 saturated heterocycles. The van der Waals surface area contributed by atoms with Crippen LogP contribution < -0.4 is 0 Å². The van der Waals surface area contributed by atoms with Crippen molar-refractivity contribution in [3.63, 3.8) is 0 Å². The van der Waals surface area contributed by atoms with Gasteiger partial charge < -0.3 is 0 Å². The fourth-order valence-corrected chi connectivity index (χ4v) is 2.63. The van der Waals surface area contributed by atoms with Crippen molar-refractivity contribution in [2.75, 3.05) is 0 Å². The molecule has 0 aliphatic heterocycles. The molecule has 0 aliphatic rings. The van der Waals surface area contributed by atoms with Gasteiger partial charge in [0.15, 0.2) is 0 Å². The van der Waals surface area contributed by atoms with E-state index in [-0.39, 0.29) is 0 Å². The molecule has 0 unspecified atom stereocenters. The van der Waals surface area contributed by atoms with Crippen molar-refractivity contribution in [3.8, 4) is 22.5 Å². The van der Waals surface area contributed by atoms with Gasteiger partial charge >= 0.3 is 0 Å². The highest BCUT2D eigenvalue weighted by molar-refractivity contribution is 5.90. The first-order valence-corrected chi connectivity index (χ1v) is 7.27. The van der Waals surface area contributed by atoms with Crippen LogP contribution in [0.4, 0.5) is 0 Å². The standard InChI is InChI=1S/C20H14N2/c1-3-11-21-19(5-1)17-9-7-16-14-18(10-8-15(16)13-17)20-6-2-4-12-22-20/h1-14H. The summed E-state index contributed by atoms with van der Waals surface area (Å²) in [6.45, 7) is 0. The number of hydrogen-bond donors (Lipinski definition) is 0. The van der Waals surface area contributed by atoms with Crippen molar-refractivity contribution < 1.29 is 0 Å². The first kappa shape index (κ1) is 12.7. The van der Waals surface area contributed by atoms with E-state index in [0.29, 0.717) is 0 Å². The summed E-state index contributed by atoms with van der Waals surface area (Å²) < 4.78 is 0. The van der Waals surface area contributed by atoms with Crippen LogP contribution >= 0.6 is 0 Å². The van der Waals surface area contributed by atoms with Crippen LogP contribution in [0.15, 0.2) is 85.2 Å². The highest BCUT2D eigenvalue weighted by Crippen LogP contribution is 2.26. The minimum Gasteiger partial charge on any atom is -0.256 e. The molecule has 2 nitrogen and oxygen atoms in total. The number of fused-ring (bicyclic) bond motifs is 1. The second-order valence-electron chi connectivity index (χ2n) is 5.21. The fraction of sp³-hybridized carbons (Fsp3) is 0. The highest BCUT2D eigenvalue weighted by Gasteiger charge is 2.03. The molecule has 2 aromatic carbocycles. The molecule has 0 spiro atoms. The maximum atomic E-state index is 4.41. The van der Waals surface area contributed by atoms with Gasteiger partial charge in [-0.1, -0.05) is 36.4 Å². The lowest BCUT2D eigenvalue weighted by molar-refractivity contribution is 1.33. The Bertz CT molecular complexity index is 837. The third kappa shape index (κ3) is 2.35. The van der Waals surface area contributed by atoms with Crippen LogP contribution in [-0.2, 0) is 0 Å². The maximum absolute atomic E-state index is 4.41. The van der Waals surface area contributed by atoms with Gasteiger partial charge in [-0.3, -0.25) is 9.97 Å². The van der Waals surface area contributed by atoms with Crippen molar-refractivity contribution in [3.05, 3.63) is 85.2 Å². The second-order valence-corrected chi connectivity index (χ2v) is 5.21. The molecule has 4 rings (SSSR count). The zero-order valence-corrected chi connectivity index (χ0v) is 12.0. The molecule has 2 heterocycles. The van der Waals surface area contributed by atoms with Gasteiger partial charge in [-0.15, -0.1) is 0 Å². The van der Waals surface area contributed by atoms with E-state index in [1.54, 1.807) is 0 Å². The Morgan fingerprint density at radius 1 is 0.500 bits per heavy atom. The molecule has 0 amide bonds. The van der Waals surface area contributed by atoms with Crippen LogP contribution in [0.3, 0.4) is 0 Å². The molecule has 104 valence electrons. The number of benzene rings is 2. The average Bonchev–Trinajstić information content (AvgIpc) is 2.62. The Morgan fingerprint density at radius 3 is 1.41 bits per heavy atom. The largest absolute Gasteiger partial charge is 0.256 e. The fourth-order valence-electron chi connectivity index (χ4n) is 2.63. The van der Waals surface area contributed by atoms with Gasteiger partial charge in [0.1, 0.15) is 0 Å². The van der Waals surface area contributed by atoms with E-state index in [9.17, 15) is 0 Å². The summed E-state index contributed by atoms with van der Waals surface area (Å²) in [4.78, 5) is 8.82. The van der Waals surface area contributed by atoms with Crippen molar-refractivity contribution in [1.29, 1.82) is 0 Å². The summed E-state index contributed by atoms with van der Waals surface area (Å²) >= 11 is 0. The lowest BCUT2D eigenvalue weighted by Crippen LogP contribution is -1.84. The van der Waals surface area contributed by atoms with E-state index in [1.165, 1.54) is 10.8 Å². The minimum atomic E-state index is 0.998. The van der Waals surface area contributed by atoms with Crippen LogP contribution in [0.25, 0.3) is 33.3 Å². The molecule has 0 radical (unpaired) electrons.